The van der Waals surface area contributed by atoms with E-state index in [0.717, 1.165) is 61.4 Å². The molecule has 0 saturated heterocycles. The van der Waals surface area contributed by atoms with Crippen LogP contribution in [0.25, 0.3) is 0 Å². The van der Waals surface area contributed by atoms with E-state index in [9.17, 15) is 31.9 Å². The Bertz CT molecular complexity index is 1270. The van der Waals surface area contributed by atoms with Crippen LogP contribution in [0.3, 0.4) is 0 Å². The highest BCUT2D eigenvalue weighted by atomic mass is 19.3. The van der Waals surface area contributed by atoms with E-state index in [4.69, 9.17) is 0 Å². The molecule has 2 N–H and O–H groups in total. The van der Waals surface area contributed by atoms with E-state index < -0.39 is 42.3 Å². The van der Waals surface area contributed by atoms with Gasteiger partial charge in [-0.15, -0.1) is 0 Å². The van der Waals surface area contributed by atoms with Crippen molar-refractivity contribution >= 4 is 5.91 Å². The molecule has 2 atom stereocenters. The van der Waals surface area contributed by atoms with Crippen molar-refractivity contribution in [1.29, 1.82) is 0 Å². The second kappa shape index (κ2) is 11.9. The summed E-state index contributed by atoms with van der Waals surface area (Å²) < 4.78 is 70.0. The Morgan fingerprint density at radius 3 is 2.53 bits per heavy atom. The number of aryl methyl sites for hydroxylation is 1. The summed E-state index contributed by atoms with van der Waals surface area (Å²) in [5.74, 6) is -1.80. The van der Waals surface area contributed by atoms with Crippen molar-refractivity contribution in [2.75, 3.05) is 0 Å². The van der Waals surface area contributed by atoms with E-state index in [1.165, 1.54) is 24.3 Å². The van der Waals surface area contributed by atoms with Crippen LogP contribution in [0.2, 0.25) is 0 Å². The first-order chi connectivity index (χ1) is 18.1. The maximum Gasteiger partial charge on any atom is 0.461 e. The zero-order chi connectivity index (χ0) is 27.3. The van der Waals surface area contributed by atoms with Crippen LogP contribution >= 0.6 is 0 Å². The van der Waals surface area contributed by atoms with Crippen LogP contribution in [0, 0.1) is 5.95 Å². The van der Waals surface area contributed by atoms with Crippen molar-refractivity contribution in [2.24, 2.45) is 0 Å². The molecule has 1 aliphatic rings. The van der Waals surface area contributed by atoms with Gasteiger partial charge in [-0.2, -0.15) is 22.0 Å². The molecule has 3 aromatic rings. The van der Waals surface area contributed by atoms with Crippen molar-refractivity contribution in [1.82, 2.24) is 10.3 Å². The minimum Gasteiger partial charge on any atom is -0.428 e. The molecule has 0 spiro atoms. The highest BCUT2D eigenvalue weighted by Crippen LogP contribution is 2.29. The molecule has 2 unspecified atom stereocenters. The average Bonchev–Trinajstić information content (AvgIpc) is 3.13. The van der Waals surface area contributed by atoms with Gasteiger partial charge in [0.25, 0.3) is 5.91 Å². The molecule has 38 heavy (non-hydrogen) atoms. The number of rotatable bonds is 9. The van der Waals surface area contributed by atoms with Crippen LogP contribution in [0.15, 0.2) is 60.7 Å². The standard InChI is InChI=1S/C28H27F5N2O3/c29-24-14-6-13-22(34-24)25(36)23(16-17-7-4-10-19(15-17)38-28(32,33)27(30)31)35-26(37)21-12-5-9-18-8-2-1-3-11-20(18)21/h4-7,9-10,12-15,23,25,27,36H,1-3,8,11,16H2,(H,35,37). The highest BCUT2D eigenvalue weighted by Gasteiger charge is 2.44. The number of carbonyl (C=O) groups excluding carboxylic acids is 1. The summed E-state index contributed by atoms with van der Waals surface area (Å²) in [6, 6.07) is 13.3. The SMILES string of the molecule is O=C(NC(Cc1cccc(OC(F)(F)C(F)F)c1)C(O)c1cccc(F)n1)c1cccc2c1CCCCC2. The molecular weight excluding hydrogens is 507 g/mol. The van der Waals surface area contributed by atoms with E-state index in [0.29, 0.717) is 11.1 Å². The van der Waals surface area contributed by atoms with Crippen LogP contribution in [0.1, 0.15) is 58.1 Å². The summed E-state index contributed by atoms with van der Waals surface area (Å²) in [5.41, 5.74) is 2.75. The lowest BCUT2D eigenvalue weighted by atomic mass is 9.95. The Kier molecular flexibility index (Phi) is 8.61. The largest absolute Gasteiger partial charge is 0.461 e. The second-order valence-electron chi connectivity index (χ2n) is 9.23. The lowest BCUT2D eigenvalue weighted by Crippen LogP contribution is -2.41. The van der Waals surface area contributed by atoms with E-state index in [1.807, 2.05) is 6.07 Å². The number of nitrogens with one attached hydrogen (secondary N) is 1. The molecule has 1 amide bonds. The third-order valence-electron chi connectivity index (χ3n) is 6.49. The van der Waals surface area contributed by atoms with Gasteiger partial charge in [0.1, 0.15) is 11.9 Å². The number of halogens is 5. The summed E-state index contributed by atoms with van der Waals surface area (Å²) in [4.78, 5) is 17.1. The van der Waals surface area contributed by atoms with Crippen LogP contribution in [0.5, 0.6) is 5.75 Å². The van der Waals surface area contributed by atoms with Gasteiger partial charge in [-0.3, -0.25) is 4.79 Å². The van der Waals surface area contributed by atoms with Crippen LogP contribution in [-0.4, -0.2) is 34.6 Å². The number of aliphatic hydroxyl groups excluding tert-OH is 1. The third kappa shape index (κ3) is 6.66. The Hall–Kier alpha value is -3.53. The van der Waals surface area contributed by atoms with Gasteiger partial charge >= 0.3 is 12.5 Å². The van der Waals surface area contributed by atoms with Gasteiger partial charge in [0.15, 0.2) is 0 Å². The van der Waals surface area contributed by atoms with Crippen molar-refractivity contribution in [3.05, 3.63) is 94.6 Å². The molecule has 4 rings (SSSR count). The van der Waals surface area contributed by atoms with E-state index in [1.54, 1.807) is 12.1 Å². The molecule has 10 heteroatoms. The van der Waals surface area contributed by atoms with Gasteiger partial charge < -0.3 is 15.2 Å². The van der Waals surface area contributed by atoms with Gasteiger partial charge in [0, 0.05) is 5.56 Å². The number of pyridine rings is 1. The number of benzene rings is 2. The molecule has 0 aliphatic heterocycles. The number of amides is 1. The molecule has 1 aromatic heterocycles. The minimum absolute atomic E-state index is 0.0428. The Balaban J connectivity index is 1.62. The number of hydrogen-bond acceptors (Lipinski definition) is 4. The summed E-state index contributed by atoms with van der Waals surface area (Å²) in [6.07, 6.45) is -5.71. The molecule has 202 valence electrons. The number of aromatic nitrogens is 1. The summed E-state index contributed by atoms with van der Waals surface area (Å²) >= 11 is 0. The zero-order valence-corrected chi connectivity index (χ0v) is 20.3. The monoisotopic (exact) mass is 534 g/mol. The summed E-state index contributed by atoms with van der Waals surface area (Å²) in [6.45, 7) is 0. The number of fused-ring (bicyclic) bond motifs is 1. The number of alkyl halides is 4. The maximum absolute atomic E-state index is 13.8. The van der Waals surface area contributed by atoms with Crippen LogP contribution in [-0.2, 0) is 19.3 Å². The highest BCUT2D eigenvalue weighted by molar-refractivity contribution is 5.96. The Morgan fingerprint density at radius 1 is 1.03 bits per heavy atom. The molecule has 2 aromatic carbocycles. The number of carbonyl (C=O) groups is 1. The smallest absolute Gasteiger partial charge is 0.428 e. The predicted octanol–water partition coefficient (Wildman–Crippen LogP) is 5.80. The summed E-state index contributed by atoms with van der Waals surface area (Å²) in [7, 11) is 0. The third-order valence-corrected chi connectivity index (χ3v) is 6.49. The number of nitrogens with zero attached hydrogens (tertiary/aromatic N) is 1. The van der Waals surface area contributed by atoms with Crippen LogP contribution < -0.4 is 10.1 Å². The van der Waals surface area contributed by atoms with Gasteiger partial charge in [-0.1, -0.05) is 36.8 Å². The van der Waals surface area contributed by atoms with Crippen molar-refractivity contribution in [3.63, 3.8) is 0 Å². The number of ether oxygens (including phenoxy) is 1. The van der Waals surface area contributed by atoms with Crippen molar-refractivity contribution < 1.29 is 36.6 Å². The lowest BCUT2D eigenvalue weighted by molar-refractivity contribution is -0.253. The fourth-order valence-corrected chi connectivity index (χ4v) is 4.64. The molecular formula is C28H27F5N2O3. The first kappa shape index (κ1) is 27.5. The predicted molar refractivity (Wildman–Crippen MR) is 130 cm³/mol. The molecule has 1 heterocycles. The second-order valence-corrected chi connectivity index (χ2v) is 9.23. The quantitative estimate of drug-likeness (QED) is 0.207. The van der Waals surface area contributed by atoms with Gasteiger partial charge in [-0.25, -0.2) is 4.98 Å². The summed E-state index contributed by atoms with van der Waals surface area (Å²) in [5, 5.41) is 13.9. The minimum atomic E-state index is -4.69. The Labute approximate surface area is 216 Å². The van der Waals surface area contributed by atoms with Gasteiger partial charge in [0.05, 0.1) is 11.7 Å². The lowest BCUT2D eigenvalue weighted by Gasteiger charge is -2.25. The molecule has 1 aliphatic carbocycles. The fraction of sp³-hybridized carbons (Fsp3) is 0.357. The molecule has 5 nitrogen and oxygen atoms in total. The van der Waals surface area contributed by atoms with E-state index >= 15 is 0 Å². The van der Waals surface area contributed by atoms with Crippen LogP contribution in [0.4, 0.5) is 22.0 Å². The molecule has 0 fully saturated rings. The average molecular weight is 535 g/mol. The van der Waals surface area contributed by atoms with Gasteiger partial charge in [0.2, 0.25) is 5.95 Å². The fourth-order valence-electron chi connectivity index (χ4n) is 4.64. The topological polar surface area (TPSA) is 71.5 Å². The molecule has 0 saturated carbocycles. The van der Waals surface area contributed by atoms with E-state index in [2.05, 4.69) is 15.0 Å². The van der Waals surface area contributed by atoms with E-state index in [-0.39, 0.29) is 12.1 Å². The molecule has 0 bridgehead atoms. The van der Waals surface area contributed by atoms with Crippen molar-refractivity contribution in [3.8, 4) is 5.75 Å². The first-order valence-corrected chi connectivity index (χ1v) is 12.3. The Morgan fingerprint density at radius 2 is 1.76 bits per heavy atom. The first-order valence-electron chi connectivity index (χ1n) is 12.3. The maximum atomic E-state index is 13.8. The zero-order valence-electron chi connectivity index (χ0n) is 20.3. The molecule has 0 radical (unpaired) electrons. The van der Waals surface area contributed by atoms with Crippen molar-refractivity contribution in [2.45, 2.75) is 63.2 Å². The number of hydrogen-bond donors (Lipinski definition) is 2. The normalized spacial score (nSPS) is 15.3. The number of aliphatic hydroxyl groups is 1. The van der Waals surface area contributed by atoms with Gasteiger partial charge in [-0.05, 0) is 79.1 Å².